The normalized spacial score (nSPS) is 12.5. The van der Waals surface area contributed by atoms with Gasteiger partial charge in [0.2, 0.25) is 0 Å². The fraction of sp³-hybridized carbons (Fsp3) is 0.700. The van der Waals surface area contributed by atoms with Crippen molar-refractivity contribution in [2.24, 2.45) is 0 Å². The van der Waals surface area contributed by atoms with Crippen LogP contribution in [0.25, 0.3) is 0 Å². The van der Waals surface area contributed by atoms with E-state index >= 15 is 0 Å². The van der Waals surface area contributed by atoms with Crippen molar-refractivity contribution in [1.29, 1.82) is 0 Å². The van der Waals surface area contributed by atoms with Gasteiger partial charge >= 0.3 is 5.97 Å². The third-order valence-electron chi connectivity index (χ3n) is 2.17. The molecule has 0 atom stereocenters. The molecule has 0 aliphatic heterocycles. The number of aliphatic hydroxyl groups is 1. The van der Waals surface area contributed by atoms with E-state index in [1.807, 2.05) is 0 Å². The lowest BCUT2D eigenvalue weighted by molar-refractivity contribution is -0.176. The second kappa shape index (κ2) is 3.50. The molecule has 0 aromatic carbocycles. The SMILES string of the molecule is C=C(C)C(=O)OC(C)(C)C(C)(C)O. The second-order valence-corrected chi connectivity index (χ2v) is 4.24. The Labute approximate surface area is 79.4 Å². The zero-order valence-corrected chi connectivity index (χ0v) is 8.97. The Kier molecular flexibility index (Phi) is 3.28. The molecule has 0 spiro atoms. The average Bonchev–Trinajstić information content (AvgIpc) is 1.83. The van der Waals surface area contributed by atoms with E-state index in [4.69, 9.17) is 4.74 Å². The number of rotatable bonds is 3. The first-order valence-electron chi connectivity index (χ1n) is 4.19. The maximum atomic E-state index is 11.2. The summed E-state index contributed by atoms with van der Waals surface area (Å²) in [6.45, 7) is 11.6. The molecule has 0 amide bonds. The number of ether oxygens (including phenoxy) is 1. The molecule has 0 aromatic rings. The summed E-state index contributed by atoms with van der Waals surface area (Å²) in [7, 11) is 0. The second-order valence-electron chi connectivity index (χ2n) is 4.24. The van der Waals surface area contributed by atoms with Gasteiger partial charge in [-0.15, -0.1) is 0 Å². The Morgan fingerprint density at radius 1 is 1.31 bits per heavy atom. The standard InChI is InChI=1S/C10H18O3/c1-7(2)8(11)13-10(5,6)9(3,4)12/h12H,1H2,2-6H3. The maximum absolute atomic E-state index is 11.2. The van der Waals surface area contributed by atoms with Gasteiger partial charge in [-0.3, -0.25) is 0 Å². The van der Waals surface area contributed by atoms with E-state index in [-0.39, 0.29) is 0 Å². The number of hydrogen-bond acceptors (Lipinski definition) is 3. The van der Waals surface area contributed by atoms with Crippen LogP contribution in [0.2, 0.25) is 0 Å². The van der Waals surface area contributed by atoms with Crippen LogP contribution >= 0.6 is 0 Å². The smallest absolute Gasteiger partial charge is 0.333 e. The minimum absolute atomic E-state index is 0.331. The predicted molar refractivity (Wildman–Crippen MR) is 51.3 cm³/mol. The first kappa shape index (κ1) is 12.2. The van der Waals surface area contributed by atoms with Crippen molar-refractivity contribution in [2.75, 3.05) is 0 Å². The fourth-order valence-electron chi connectivity index (χ4n) is 0.444. The molecule has 0 radical (unpaired) electrons. The quantitative estimate of drug-likeness (QED) is 0.538. The zero-order chi connectivity index (χ0) is 10.9. The molecule has 1 N–H and O–H groups in total. The molecule has 0 rings (SSSR count). The van der Waals surface area contributed by atoms with Gasteiger partial charge in [0.15, 0.2) is 0 Å². The van der Waals surface area contributed by atoms with Crippen molar-refractivity contribution in [1.82, 2.24) is 0 Å². The minimum Gasteiger partial charge on any atom is -0.453 e. The van der Waals surface area contributed by atoms with Gasteiger partial charge in [-0.25, -0.2) is 4.79 Å². The molecule has 0 aliphatic rings. The summed E-state index contributed by atoms with van der Waals surface area (Å²) in [5, 5.41) is 9.67. The van der Waals surface area contributed by atoms with Crippen LogP contribution in [0.4, 0.5) is 0 Å². The Morgan fingerprint density at radius 2 is 1.69 bits per heavy atom. The fourth-order valence-corrected chi connectivity index (χ4v) is 0.444. The van der Waals surface area contributed by atoms with Gasteiger partial charge in [-0.2, -0.15) is 0 Å². The summed E-state index contributed by atoms with van der Waals surface area (Å²) in [5.41, 5.74) is -1.65. The highest BCUT2D eigenvalue weighted by atomic mass is 16.6. The Hall–Kier alpha value is -0.830. The van der Waals surface area contributed by atoms with Gasteiger partial charge in [-0.05, 0) is 34.6 Å². The van der Waals surface area contributed by atoms with E-state index in [9.17, 15) is 9.90 Å². The van der Waals surface area contributed by atoms with Crippen molar-refractivity contribution < 1.29 is 14.6 Å². The van der Waals surface area contributed by atoms with Crippen LogP contribution in [-0.4, -0.2) is 22.3 Å². The molecule has 0 saturated heterocycles. The molecular formula is C10H18O3. The molecule has 0 aliphatic carbocycles. The summed E-state index contributed by atoms with van der Waals surface area (Å²) in [6, 6.07) is 0. The van der Waals surface area contributed by atoms with Crippen molar-refractivity contribution in [3.8, 4) is 0 Å². The highest BCUT2D eigenvalue weighted by Gasteiger charge is 2.38. The van der Waals surface area contributed by atoms with Crippen LogP contribution in [0, 0.1) is 0 Å². The third-order valence-corrected chi connectivity index (χ3v) is 2.17. The number of esters is 1. The van der Waals surface area contributed by atoms with Crippen LogP contribution in [-0.2, 0) is 9.53 Å². The lowest BCUT2D eigenvalue weighted by Gasteiger charge is -2.36. The van der Waals surface area contributed by atoms with E-state index in [2.05, 4.69) is 6.58 Å². The number of carbonyl (C=O) groups is 1. The molecule has 0 fully saturated rings. The number of hydrogen-bond donors (Lipinski definition) is 1. The summed E-state index contributed by atoms with van der Waals surface area (Å²) in [4.78, 5) is 11.2. The van der Waals surface area contributed by atoms with Gasteiger partial charge in [0.25, 0.3) is 0 Å². The summed E-state index contributed by atoms with van der Waals surface area (Å²) in [6.07, 6.45) is 0. The molecule has 0 unspecified atom stereocenters. The van der Waals surface area contributed by atoms with E-state index < -0.39 is 17.2 Å². The predicted octanol–water partition coefficient (Wildman–Crippen LogP) is 1.66. The van der Waals surface area contributed by atoms with Gasteiger partial charge in [0.1, 0.15) is 5.60 Å². The van der Waals surface area contributed by atoms with E-state index in [1.165, 1.54) is 0 Å². The Bertz CT molecular complexity index is 221. The van der Waals surface area contributed by atoms with E-state index in [1.54, 1.807) is 34.6 Å². The zero-order valence-electron chi connectivity index (χ0n) is 8.97. The van der Waals surface area contributed by atoms with Gasteiger partial charge < -0.3 is 9.84 Å². The minimum atomic E-state index is -1.07. The lowest BCUT2D eigenvalue weighted by Crippen LogP contribution is -2.48. The monoisotopic (exact) mass is 186 g/mol. The van der Waals surface area contributed by atoms with Gasteiger partial charge in [-0.1, -0.05) is 6.58 Å². The van der Waals surface area contributed by atoms with Crippen LogP contribution in [0.1, 0.15) is 34.6 Å². The highest BCUT2D eigenvalue weighted by molar-refractivity contribution is 5.87. The molecule has 13 heavy (non-hydrogen) atoms. The third kappa shape index (κ3) is 3.19. The Morgan fingerprint density at radius 3 is 1.92 bits per heavy atom. The molecular weight excluding hydrogens is 168 g/mol. The summed E-state index contributed by atoms with van der Waals surface area (Å²) < 4.78 is 5.08. The van der Waals surface area contributed by atoms with Gasteiger partial charge in [0.05, 0.1) is 5.60 Å². The van der Waals surface area contributed by atoms with Crippen LogP contribution in [0.5, 0.6) is 0 Å². The van der Waals surface area contributed by atoms with E-state index in [0.717, 1.165) is 0 Å². The Balaban J connectivity index is 4.53. The van der Waals surface area contributed by atoms with Crippen molar-refractivity contribution in [3.05, 3.63) is 12.2 Å². The van der Waals surface area contributed by atoms with Crippen molar-refractivity contribution in [3.63, 3.8) is 0 Å². The van der Waals surface area contributed by atoms with Crippen molar-refractivity contribution in [2.45, 2.75) is 45.8 Å². The molecule has 3 nitrogen and oxygen atoms in total. The summed E-state index contributed by atoms with van der Waals surface area (Å²) >= 11 is 0. The lowest BCUT2D eigenvalue weighted by atomic mass is 9.89. The van der Waals surface area contributed by atoms with Crippen LogP contribution in [0.3, 0.4) is 0 Å². The topological polar surface area (TPSA) is 46.5 Å². The molecule has 0 aromatic heterocycles. The molecule has 3 heteroatoms. The maximum Gasteiger partial charge on any atom is 0.333 e. The highest BCUT2D eigenvalue weighted by Crippen LogP contribution is 2.25. The molecule has 0 heterocycles. The van der Waals surface area contributed by atoms with Crippen molar-refractivity contribution >= 4 is 5.97 Å². The number of carbonyl (C=O) groups excluding carboxylic acids is 1. The first-order chi connectivity index (χ1) is 5.58. The summed E-state index contributed by atoms with van der Waals surface area (Å²) in [5.74, 6) is -0.480. The largest absolute Gasteiger partial charge is 0.453 e. The van der Waals surface area contributed by atoms with Gasteiger partial charge in [0, 0.05) is 5.57 Å². The molecule has 0 bridgehead atoms. The molecule has 76 valence electrons. The van der Waals surface area contributed by atoms with Crippen LogP contribution < -0.4 is 0 Å². The van der Waals surface area contributed by atoms with Crippen LogP contribution in [0.15, 0.2) is 12.2 Å². The first-order valence-corrected chi connectivity index (χ1v) is 4.19. The average molecular weight is 186 g/mol. The van der Waals surface area contributed by atoms with E-state index in [0.29, 0.717) is 5.57 Å². The molecule has 0 saturated carbocycles.